The summed E-state index contributed by atoms with van der Waals surface area (Å²) in [6.07, 6.45) is 1.16. The van der Waals surface area contributed by atoms with Gasteiger partial charge in [0.2, 0.25) is 6.08 Å². The van der Waals surface area contributed by atoms with E-state index < -0.39 is 11.6 Å². The van der Waals surface area contributed by atoms with Crippen LogP contribution in [-0.4, -0.2) is 6.08 Å². The maximum Gasteiger partial charge on any atom is 0.240 e. The van der Waals surface area contributed by atoms with Gasteiger partial charge in [-0.3, -0.25) is 0 Å². The number of halogens is 2. The van der Waals surface area contributed by atoms with E-state index >= 15 is 0 Å². The van der Waals surface area contributed by atoms with E-state index in [1.54, 1.807) is 0 Å². The van der Waals surface area contributed by atoms with E-state index in [4.69, 9.17) is 0 Å². The summed E-state index contributed by atoms with van der Waals surface area (Å²) in [5.41, 5.74) is 0.113. The predicted octanol–water partition coefficient (Wildman–Crippen LogP) is 2.24. The third-order valence-corrected chi connectivity index (χ3v) is 1.43. The number of hydrogen-bond acceptors (Lipinski definition) is 2. The quantitative estimate of drug-likeness (QED) is 0.468. The summed E-state index contributed by atoms with van der Waals surface area (Å²) >= 11 is 0. The first-order chi connectivity index (χ1) is 5.66. The molecule has 0 aliphatic carbocycles. The molecule has 0 unspecified atom stereocenters. The van der Waals surface area contributed by atoms with E-state index in [1.165, 1.54) is 13.0 Å². The first-order valence-electron chi connectivity index (χ1n) is 3.19. The van der Waals surface area contributed by atoms with Crippen LogP contribution < -0.4 is 0 Å². The van der Waals surface area contributed by atoms with Crippen molar-refractivity contribution >= 4 is 11.8 Å². The van der Waals surface area contributed by atoms with Crippen LogP contribution in [0.2, 0.25) is 0 Å². The van der Waals surface area contributed by atoms with Crippen LogP contribution in [0.25, 0.3) is 0 Å². The number of aliphatic imine (C=N–C) groups is 1. The van der Waals surface area contributed by atoms with Crippen molar-refractivity contribution in [3.8, 4) is 0 Å². The molecule has 0 fully saturated rings. The molecule has 0 atom stereocenters. The van der Waals surface area contributed by atoms with Gasteiger partial charge in [0.25, 0.3) is 0 Å². The summed E-state index contributed by atoms with van der Waals surface area (Å²) in [4.78, 5) is 12.9. The number of isocyanates is 1. The Hall–Kier alpha value is -1.54. The van der Waals surface area contributed by atoms with Crippen LogP contribution >= 0.6 is 0 Å². The van der Waals surface area contributed by atoms with Crippen molar-refractivity contribution < 1.29 is 13.6 Å². The molecule has 1 aromatic carbocycles. The fourth-order valence-electron chi connectivity index (χ4n) is 0.819. The van der Waals surface area contributed by atoms with Crippen molar-refractivity contribution in [2.75, 3.05) is 0 Å². The van der Waals surface area contributed by atoms with Crippen LogP contribution in [0.3, 0.4) is 0 Å². The number of hydrogen-bond donors (Lipinski definition) is 0. The van der Waals surface area contributed by atoms with Crippen molar-refractivity contribution in [2.45, 2.75) is 6.92 Å². The molecule has 0 radical (unpaired) electrons. The summed E-state index contributed by atoms with van der Waals surface area (Å²) in [6.45, 7) is 1.53. The third kappa shape index (κ3) is 1.38. The summed E-state index contributed by atoms with van der Waals surface area (Å²) in [6, 6.07) is 2.32. The van der Waals surface area contributed by atoms with Crippen molar-refractivity contribution in [3.05, 3.63) is 29.3 Å². The van der Waals surface area contributed by atoms with E-state index in [0.29, 0.717) is 5.56 Å². The van der Waals surface area contributed by atoms with Crippen LogP contribution in [0.1, 0.15) is 5.56 Å². The maximum absolute atomic E-state index is 12.8. The van der Waals surface area contributed by atoms with Gasteiger partial charge >= 0.3 is 0 Å². The molecule has 1 rings (SSSR count). The second-order valence-corrected chi connectivity index (χ2v) is 2.23. The first kappa shape index (κ1) is 8.56. The molecule has 0 bridgehead atoms. The fourth-order valence-corrected chi connectivity index (χ4v) is 0.819. The third-order valence-electron chi connectivity index (χ3n) is 1.43. The lowest BCUT2D eigenvalue weighted by atomic mass is 10.2. The zero-order valence-electron chi connectivity index (χ0n) is 6.27. The molecule has 0 saturated heterocycles. The van der Waals surface area contributed by atoms with Gasteiger partial charge in [-0.15, -0.1) is 0 Å². The second kappa shape index (κ2) is 3.24. The molecular weight excluding hydrogens is 164 g/mol. The molecule has 0 aliphatic heterocycles. The van der Waals surface area contributed by atoms with E-state index in [-0.39, 0.29) is 5.69 Å². The summed E-state index contributed by atoms with van der Waals surface area (Å²) < 4.78 is 25.3. The lowest BCUT2D eigenvalue weighted by Gasteiger charge is -1.99. The fraction of sp³-hybridized carbons (Fsp3) is 0.125. The lowest BCUT2D eigenvalue weighted by Crippen LogP contribution is -1.86. The van der Waals surface area contributed by atoms with Crippen LogP contribution in [0.5, 0.6) is 0 Å². The highest BCUT2D eigenvalue weighted by molar-refractivity contribution is 5.54. The van der Waals surface area contributed by atoms with Crippen molar-refractivity contribution in [2.24, 2.45) is 4.99 Å². The van der Waals surface area contributed by atoms with Gasteiger partial charge in [-0.2, -0.15) is 4.99 Å². The molecule has 0 aliphatic rings. The Labute approximate surface area is 67.5 Å². The highest BCUT2D eigenvalue weighted by Crippen LogP contribution is 2.23. The van der Waals surface area contributed by atoms with E-state index in [2.05, 4.69) is 4.99 Å². The minimum absolute atomic E-state index is 0.287. The van der Waals surface area contributed by atoms with Crippen molar-refractivity contribution in [3.63, 3.8) is 0 Å². The Morgan fingerprint density at radius 1 is 1.42 bits per heavy atom. The SMILES string of the molecule is Cc1ccc(F)c(F)c1N=C=O. The lowest BCUT2D eigenvalue weighted by molar-refractivity contribution is 0.509. The van der Waals surface area contributed by atoms with Gasteiger partial charge in [-0.1, -0.05) is 6.07 Å². The highest BCUT2D eigenvalue weighted by atomic mass is 19.2. The van der Waals surface area contributed by atoms with Gasteiger partial charge < -0.3 is 0 Å². The molecular formula is C8H5F2NO. The first-order valence-corrected chi connectivity index (χ1v) is 3.19. The summed E-state index contributed by atoms with van der Waals surface area (Å²) in [7, 11) is 0. The molecule has 0 spiro atoms. The van der Waals surface area contributed by atoms with E-state index in [1.807, 2.05) is 0 Å². The molecule has 12 heavy (non-hydrogen) atoms. The molecule has 0 aromatic heterocycles. The topological polar surface area (TPSA) is 29.4 Å². The van der Waals surface area contributed by atoms with Gasteiger partial charge in [0.05, 0.1) is 0 Å². The number of nitrogens with zero attached hydrogens (tertiary/aromatic N) is 1. The van der Waals surface area contributed by atoms with Crippen LogP contribution in [0.15, 0.2) is 17.1 Å². The van der Waals surface area contributed by atoms with E-state index in [0.717, 1.165) is 12.1 Å². The molecule has 4 heteroatoms. The minimum atomic E-state index is -1.11. The second-order valence-electron chi connectivity index (χ2n) is 2.23. The van der Waals surface area contributed by atoms with Gasteiger partial charge in [0, 0.05) is 0 Å². The van der Waals surface area contributed by atoms with Gasteiger partial charge in [-0.25, -0.2) is 13.6 Å². The Balaban J connectivity index is 3.42. The molecule has 0 amide bonds. The summed E-state index contributed by atoms with van der Waals surface area (Å²) in [5.74, 6) is -2.13. The van der Waals surface area contributed by atoms with E-state index in [9.17, 15) is 13.6 Å². The minimum Gasteiger partial charge on any atom is -0.211 e. The monoisotopic (exact) mass is 169 g/mol. The predicted molar refractivity (Wildman–Crippen MR) is 38.9 cm³/mol. The Morgan fingerprint density at radius 2 is 2.08 bits per heavy atom. The van der Waals surface area contributed by atoms with Gasteiger partial charge in [-0.05, 0) is 18.6 Å². The zero-order valence-corrected chi connectivity index (χ0v) is 6.27. The Kier molecular flexibility index (Phi) is 2.31. The Bertz CT molecular complexity index is 356. The zero-order chi connectivity index (χ0) is 9.14. The number of benzene rings is 1. The standard InChI is InChI=1S/C8H5F2NO/c1-5-2-3-6(9)7(10)8(5)11-4-12/h2-3H,1H3. The molecule has 2 nitrogen and oxygen atoms in total. The number of aryl methyl sites for hydroxylation is 1. The molecule has 0 heterocycles. The molecule has 62 valence electrons. The van der Waals surface area contributed by atoms with Crippen molar-refractivity contribution in [1.29, 1.82) is 0 Å². The van der Waals surface area contributed by atoms with Crippen LogP contribution in [0, 0.1) is 18.6 Å². The number of rotatable bonds is 1. The largest absolute Gasteiger partial charge is 0.240 e. The van der Waals surface area contributed by atoms with Gasteiger partial charge in [0.1, 0.15) is 5.69 Å². The highest BCUT2D eigenvalue weighted by Gasteiger charge is 2.09. The Morgan fingerprint density at radius 3 is 2.67 bits per heavy atom. The van der Waals surface area contributed by atoms with Gasteiger partial charge in [0.15, 0.2) is 11.6 Å². The summed E-state index contributed by atoms with van der Waals surface area (Å²) in [5, 5.41) is 0. The molecule has 1 aromatic rings. The molecule has 0 N–H and O–H groups in total. The smallest absolute Gasteiger partial charge is 0.211 e. The molecule has 0 saturated carbocycles. The number of carbonyl (C=O) groups excluding carboxylic acids is 1. The average molecular weight is 169 g/mol. The maximum atomic E-state index is 12.8. The average Bonchev–Trinajstić information content (AvgIpc) is 2.06. The van der Waals surface area contributed by atoms with Crippen LogP contribution in [0.4, 0.5) is 14.5 Å². The van der Waals surface area contributed by atoms with Crippen molar-refractivity contribution in [1.82, 2.24) is 0 Å². The normalized spacial score (nSPS) is 9.25. The van der Waals surface area contributed by atoms with Crippen LogP contribution in [-0.2, 0) is 4.79 Å².